The quantitative estimate of drug-likeness (QED) is 0.478. The third-order valence-corrected chi connectivity index (χ3v) is 5.33. The molecule has 1 heterocycles. The molecule has 0 saturated heterocycles. The normalized spacial score (nSPS) is 12.2. The van der Waals surface area contributed by atoms with Gasteiger partial charge in [-0.15, -0.1) is 0 Å². The van der Waals surface area contributed by atoms with Crippen LogP contribution in [0.15, 0.2) is 48.5 Å². The first-order valence-electron chi connectivity index (χ1n) is 10.0. The third kappa shape index (κ3) is 5.51. The van der Waals surface area contributed by atoms with E-state index in [0.717, 1.165) is 10.7 Å². The second-order valence-electron chi connectivity index (χ2n) is 7.30. The van der Waals surface area contributed by atoms with Crippen LogP contribution in [-0.4, -0.2) is 35.9 Å². The summed E-state index contributed by atoms with van der Waals surface area (Å²) in [7, 11) is 2.62. The number of halogens is 4. The molecule has 34 heavy (non-hydrogen) atoms. The van der Waals surface area contributed by atoms with Crippen LogP contribution in [0, 0.1) is 0 Å². The van der Waals surface area contributed by atoms with E-state index in [-0.39, 0.29) is 23.6 Å². The first-order chi connectivity index (χ1) is 16.0. The van der Waals surface area contributed by atoms with Gasteiger partial charge in [0.05, 0.1) is 38.1 Å². The van der Waals surface area contributed by atoms with Gasteiger partial charge in [0.2, 0.25) is 5.91 Å². The van der Waals surface area contributed by atoms with E-state index in [4.69, 9.17) is 21.1 Å². The summed E-state index contributed by atoms with van der Waals surface area (Å²) in [5.74, 6) is -1.49. The molecule has 1 aromatic heterocycles. The van der Waals surface area contributed by atoms with Gasteiger partial charge < -0.3 is 14.8 Å². The molecular formula is C23H21ClF3N3O4. The van der Waals surface area contributed by atoms with Crippen LogP contribution < -0.4 is 10.1 Å². The summed E-state index contributed by atoms with van der Waals surface area (Å²) < 4.78 is 50.8. The second-order valence-corrected chi connectivity index (χ2v) is 7.74. The number of carbonyl (C=O) groups is 2. The van der Waals surface area contributed by atoms with E-state index in [1.54, 1.807) is 31.2 Å². The Balaban J connectivity index is 1.83. The van der Waals surface area contributed by atoms with Crippen LogP contribution in [0.4, 0.5) is 13.2 Å². The number of ether oxygens (including phenoxy) is 2. The summed E-state index contributed by atoms with van der Waals surface area (Å²) in [6.45, 7) is 1.41. The lowest BCUT2D eigenvalue weighted by Crippen LogP contribution is -2.28. The minimum absolute atomic E-state index is 0.119. The maximum absolute atomic E-state index is 13.3. The summed E-state index contributed by atoms with van der Waals surface area (Å²) >= 11 is 5.97. The van der Waals surface area contributed by atoms with Gasteiger partial charge in [-0.1, -0.05) is 23.7 Å². The number of hydrogen-bond donors (Lipinski definition) is 1. The fraction of sp³-hybridized carbons (Fsp3) is 0.261. The smallest absolute Gasteiger partial charge is 0.435 e. The minimum atomic E-state index is -4.66. The Morgan fingerprint density at radius 1 is 1.15 bits per heavy atom. The van der Waals surface area contributed by atoms with Crippen LogP contribution in [0.5, 0.6) is 5.75 Å². The Morgan fingerprint density at radius 2 is 1.88 bits per heavy atom. The largest absolute Gasteiger partial charge is 0.496 e. The van der Waals surface area contributed by atoms with Gasteiger partial charge in [0.1, 0.15) is 11.3 Å². The molecule has 0 radical (unpaired) electrons. The molecular weight excluding hydrogens is 475 g/mol. The summed E-state index contributed by atoms with van der Waals surface area (Å²) in [5, 5.41) is 6.62. The number of rotatable bonds is 7. The summed E-state index contributed by atoms with van der Waals surface area (Å²) in [6, 6.07) is 11.7. The van der Waals surface area contributed by atoms with Crippen LogP contribution in [-0.2, 0) is 22.3 Å². The SMILES string of the molecule is COC(=O)c1ccc(C(C)C(=O)NCc2cc(C(F)(F)F)nn2-c2cccc(Cl)c2)cc1OC. The number of carbonyl (C=O) groups excluding carboxylic acids is 2. The van der Waals surface area contributed by atoms with Crippen molar-refractivity contribution in [1.82, 2.24) is 15.1 Å². The molecule has 1 atom stereocenters. The van der Waals surface area contributed by atoms with E-state index in [1.165, 1.54) is 32.4 Å². The van der Waals surface area contributed by atoms with Gasteiger partial charge in [0.15, 0.2) is 5.69 Å². The first kappa shape index (κ1) is 25.1. The number of hydrogen-bond acceptors (Lipinski definition) is 5. The van der Waals surface area contributed by atoms with Crippen molar-refractivity contribution in [2.24, 2.45) is 0 Å². The van der Waals surface area contributed by atoms with E-state index in [2.05, 4.69) is 10.4 Å². The summed E-state index contributed by atoms with van der Waals surface area (Å²) in [6.07, 6.45) is -4.66. The average Bonchev–Trinajstić information content (AvgIpc) is 3.26. The standard InChI is InChI=1S/C23H21ClF3N3O4/c1-13(14-7-8-18(22(32)34-3)19(9-14)33-2)21(31)28-12-17-11-20(23(25,26)27)29-30(17)16-6-4-5-15(24)10-16/h4-11,13H,12H2,1-3H3,(H,28,31). The predicted molar refractivity (Wildman–Crippen MR) is 118 cm³/mol. The molecule has 0 saturated carbocycles. The number of alkyl halides is 3. The van der Waals surface area contributed by atoms with E-state index in [9.17, 15) is 22.8 Å². The molecule has 0 bridgehead atoms. The molecule has 3 rings (SSSR count). The zero-order chi connectivity index (χ0) is 25.0. The monoisotopic (exact) mass is 495 g/mol. The second kappa shape index (κ2) is 10.2. The first-order valence-corrected chi connectivity index (χ1v) is 10.4. The van der Waals surface area contributed by atoms with Crippen molar-refractivity contribution in [3.05, 3.63) is 76.1 Å². The number of aromatic nitrogens is 2. The number of benzene rings is 2. The maximum Gasteiger partial charge on any atom is 0.435 e. The van der Waals surface area contributed by atoms with Crippen LogP contribution in [0.2, 0.25) is 5.02 Å². The van der Waals surface area contributed by atoms with Gasteiger partial charge in [-0.2, -0.15) is 18.3 Å². The lowest BCUT2D eigenvalue weighted by molar-refractivity contribution is -0.141. The van der Waals surface area contributed by atoms with Crippen molar-refractivity contribution in [2.45, 2.75) is 25.6 Å². The van der Waals surface area contributed by atoms with Crippen molar-refractivity contribution < 1.29 is 32.2 Å². The van der Waals surface area contributed by atoms with E-state index in [1.807, 2.05) is 0 Å². The zero-order valence-corrected chi connectivity index (χ0v) is 19.2. The van der Waals surface area contributed by atoms with Crippen molar-refractivity contribution in [2.75, 3.05) is 14.2 Å². The Labute approximate surface area is 198 Å². The molecule has 0 aliphatic carbocycles. The topological polar surface area (TPSA) is 82.5 Å². The van der Waals surface area contributed by atoms with E-state index in [0.29, 0.717) is 16.3 Å². The maximum atomic E-state index is 13.3. The third-order valence-electron chi connectivity index (χ3n) is 5.09. The molecule has 2 aromatic carbocycles. The van der Waals surface area contributed by atoms with Gasteiger partial charge in [-0.25, -0.2) is 9.48 Å². The minimum Gasteiger partial charge on any atom is -0.496 e. The molecule has 0 fully saturated rings. The molecule has 1 amide bonds. The van der Waals surface area contributed by atoms with Crippen LogP contribution in [0.1, 0.15) is 40.2 Å². The van der Waals surface area contributed by atoms with E-state index < -0.39 is 29.7 Å². The Morgan fingerprint density at radius 3 is 2.50 bits per heavy atom. The fourth-order valence-electron chi connectivity index (χ4n) is 3.25. The number of nitrogens with zero attached hydrogens (tertiary/aromatic N) is 2. The van der Waals surface area contributed by atoms with Crippen LogP contribution in [0.25, 0.3) is 5.69 Å². The number of methoxy groups -OCH3 is 2. The Kier molecular flexibility index (Phi) is 7.51. The van der Waals surface area contributed by atoms with Crippen molar-refractivity contribution in [1.29, 1.82) is 0 Å². The molecule has 1 N–H and O–H groups in total. The fourth-order valence-corrected chi connectivity index (χ4v) is 3.44. The summed E-state index contributed by atoms with van der Waals surface area (Å²) in [4.78, 5) is 24.6. The average molecular weight is 496 g/mol. The highest BCUT2D eigenvalue weighted by Gasteiger charge is 2.35. The number of nitrogens with one attached hydrogen (secondary N) is 1. The molecule has 7 nitrogen and oxygen atoms in total. The van der Waals surface area contributed by atoms with Gasteiger partial charge in [0.25, 0.3) is 0 Å². The van der Waals surface area contributed by atoms with Gasteiger partial charge >= 0.3 is 12.1 Å². The molecule has 11 heteroatoms. The Hall–Kier alpha value is -3.53. The lowest BCUT2D eigenvalue weighted by atomic mass is 9.98. The highest BCUT2D eigenvalue weighted by atomic mass is 35.5. The number of esters is 1. The highest BCUT2D eigenvalue weighted by Crippen LogP contribution is 2.30. The highest BCUT2D eigenvalue weighted by molar-refractivity contribution is 6.30. The zero-order valence-electron chi connectivity index (χ0n) is 18.4. The molecule has 1 unspecified atom stereocenters. The Bertz CT molecular complexity index is 1210. The molecule has 0 aliphatic heterocycles. The molecule has 0 aliphatic rings. The number of amides is 1. The van der Waals surface area contributed by atoms with Gasteiger partial charge in [-0.05, 0) is 48.9 Å². The van der Waals surface area contributed by atoms with Crippen molar-refractivity contribution in [3.8, 4) is 11.4 Å². The van der Waals surface area contributed by atoms with Gasteiger partial charge in [-0.3, -0.25) is 4.79 Å². The van der Waals surface area contributed by atoms with E-state index >= 15 is 0 Å². The van der Waals surface area contributed by atoms with Crippen molar-refractivity contribution >= 4 is 23.5 Å². The van der Waals surface area contributed by atoms with Crippen LogP contribution in [0.3, 0.4) is 0 Å². The predicted octanol–water partition coefficient (Wildman–Crippen LogP) is 4.76. The van der Waals surface area contributed by atoms with Gasteiger partial charge in [0, 0.05) is 5.02 Å². The van der Waals surface area contributed by atoms with Crippen LogP contribution >= 0.6 is 11.6 Å². The lowest BCUT2D eigenvalue weighted by Gasteiger charge is -2.15. The summed E-state index contributed by atoms with van der Waals surface area (Å²) in [5.41, 5.74) is 0.0953. The molecule has 0 spiro atoms. The molecule has 180 valence electrons. The van der Waals surface area contributed by atoms with Crippen molar-refractivity contribution in [3.63, 3.8) is 0 Å². The molecule has 3 aromatic rings.